The van der Waals surface area contributed by atoms with E-state index in [9.17, 15) is 9.59 Å². The SMILES string of the molecule is CCCN(CC1CCCN1)C(=O)[C@H]1CCC(=O)N1. The molecule has 2 atom stereocenters. The lowest BCUT2D eigenvalue weighted by Crippen LogP contribution is -2.48. The van der Waals surface area contributed by atoms with Crippen LogP contribution in [0.1, 0.15) is 39.0 Å². The molecule has 0 bridgehead atoms. The minimum atomic E-state index is -0.287. The first-order chi connectivity index (χ1) is 8.70. The lowest BCUT2D eigenvalue weighted by molar-refractivity contribution is -0.134. The molecule has 102 valence electrons. The van der Waals surface area contributed by atoms with Gasteiger partial charge in [0.25, 0.3) is 0 Å². The van der Waals surface area contributed by atoms with Gasteiger partial charge >= 0.3 is 0 Å². The predicted molar refractivity (Wildman–Crippen MR) is 69.1 cm³/mol. The standard InChI is InChI=1S/C13H23N3O2/c1-2-8-16(9-10-4-3-7-14-10)13(18)11-5-6-12(17)15-11/h10-11,14H,2-9H2,1H3,(H,15,17)/t10?,11-/m1/s1. The second-order valence-corrected chi connectivity index (χ2v) is 5.24. The summed E-state index contributed by atoms with van der Waals surface area (Å²) in [6.45, 7) is 4.69. The number of nitrogens with one attached hydrogen (secondary N) is 2. The Kier molecular flexibility index (Phi) is 4.58. The first kappa shape index (κ1) is 13.3. The molecule has 2 amide bonds. The van der Waals surface area contributed by atoms with E-state index in [1.165, 1.54) is 6.42 Å². The summed E-state index contributed by atoms with van der Waals surface area (Å²) in [5.74, 6) is 0.0974. The van der Waals surface area contributed by atoms with E-state index in [1.807, 2.05) is 4.90 Å². The van der Waals surface area contributed by atoms with Gasteiger partial charge in [-0.2, -0.15) is 0 Å². The highest BCUT2D eigenvalue weighted by Crippen LogP contribution is 2.13. The monoisotopic (exact) mass is 253 g/mol. The van der Waals surface area contributed by atoms with Gasteiger partial charge in [-0.25, -0.2) is 0 Å². The van der Waals surface area contributed by atoms with E-state index in [4.69, 9.17) is 0 Å². The fourth-order valence-electron chi connectivity index (χ4n) is 2.76. The molecule has 2 fully saturated rings. The van der Waals surface area contributed by atoms with Crippen molar-refractivity contribution in [1.82, 2.24) is 15.5 Å². The van der Waals surface area contributed by atoms with Crippen molar-refractivity contribution in [2.45, 2.75) is 51.1 Å². The third-order valence-electron chi connectivity index (χ3n) is 3.70. The predicted octanol–water partition coefficient (Wildman–Crippen LogP) is 0.256. The van der Waals surface area contributed by atoms with Gasteiger partial charge < -0.3 is 15.5 Å². The number of rotatable bonds is 5. The zero-order valence-electron chi connectivity index (χ0n) is 11.1. The van der Waals surface area contributed by atoms with Crippen LogP contribution < -0.4 is 10.6 Å². The number of nitrogens with zero attached hydrogens (tertiary/aromatic N) is 1. The number of carbonyl (C=O) groups excluding carboxylic acids is 2. The van der Waals surface area contributed by atoms with E-state index in [0.29, 0.717) is 18.9 Å². The topological polar surface area (TPSA) is 61.4 Å². The van der Waals surface area contributed by atoms with Crippen molar-refractivity contribution in [3.8, 4) is 0 Å². The van der Waals surface area contributed by atoms with Gasteiger partial charge in [0.15, 0.2) is 0 Å². The van der Waals surface area contributed by atoms with Crippen LogP contribution in [0.5, 0.6) is 0 Å². The van der Waals surface area contributed by atoms with Crippen LogP contribution >= 0.6 is 0 Å². The fraction of sp³-hybridized carbons (Fsp3) is 0.846. The lowest BCUT2D eigenvalue weighted by Gasteiger charge is -2.28. The summed E-state index contributed by atoms with van der Waals surface area (Å²) >= 11 is 0. The summed E-state index contributed by atoms with van der Waals surface area (Å²) in [7, 11) is 0. The molecule has 0 aromatic carbocycles. The molecule has 0 spiro atoms. The van der Waals surface area contributed by atoms with Crippen molar-refractivity contribution in [3.63, 3.8) is 0 Å². The summed E-state index contributed by atoms with van der Waals surface area (Å²) in [5.41, 5.74) is 0. The molecule has 18 heavy (non-hydrogen) atoms. The van der Waals surface area contributed by atoms with Crippen molar-refractivity contribution in [1.29, 1.82) is 0 Å². The molecule has 0 radical (unpaired) electrons. The fourth-order valence-corrected chi connectivity index (χ4v) is 2.76. The Morgan fingerprint density at radius 3 is 2.83 bits per heavy atom. The van der Waals surface area contributed by atoms with Crippen molar-refractivity contribution >= 4 is 11.8 Å². The number of amides is 2. The number of carbonyl (C=O) groups is 2. The molecule has 2 saturated heterocycles. The zero-order chi connectivity index (χ0) is 13.0. The Morgan fingerprint density at radius 2 is 2.28 bits per heavy atom. The van der Waals surface area contributed by atoms with Gasteiger partial charge in [-0.05, 0) is 32.2 Å². The summed E-state index contributed by atoms with van der Waals surface area (Å²) < 4.78 is 0. The summed E-state index contributed by atoms with van der Waals surface area (Å²) in [6, 6.07) is 0.142. The van der Waals surface area contributed by atoms with Gasteiger partial charge in [0.1, 0.15) is 6.04 Å². The highest BCUT2D eigenvalue weighted by Gasteiger charge is 2.31. The molecular weight excluding hydrogens is 230 g/mol. The Labute approximate surface area is 108 Å². The van der Waals surface area contributed by atoms with Crippen LogP contribution in [0.4, 0.5) is 0 Å². The molecule has 5 heteroatoms. The van der Waals surface area contributed by atoms with E-state index >= 15 is 0 Å². The van der Waals surface area contributed by atoms with Crippen LogP contribution in [0.15, 0.2) is 0 Å². The van der Waals surface area contributed by atoms with E-state index in [1.54, 1.807) is 0 Å². The Morgan fingerprint density at radius 1 is 1.44 bits per heavy atom. The van der Waals surface area contributed by atoms with Crippen LogP contribution in [0.25, 0.3) is 0 Å². The van der Waals surface area contributed by atoms with Crippen molar-refractivity contribution in [2.24, 2.45) is 0 Å². The van der Waals surface area contributed by atoms with Gasteiger partial charge in [0.2, 0.25) is 11.8 Å². The van der Waals surface area contributed by atoms with Gasteiger partial charge in [0.05, 0.1) is 0 Å². The average Bonchev–Trinajstić information content (AvgIpc) is 2.99. The maximum atomic E-state index is 12.4. The normalized spacial score (nSPS) is 27.3. The van der Waals surface area contributed by atoms with E-state index in [-0.39, 0.29) is 17.9 Å². The van der Waals surface area contributed by atoms with Gasteiger partial charge in [0, 0.05) is 25.6 Å². The number of hydrogen-bond donors (Lipinski definition) is 2. The molecule has 2 heterocycles. The summed E-state index contributed by atoms with van der Waals surface area (Å²) in [5, 5.41) is 6.19. The lowest BCUT2D eigenvalue weighted by atomic mass is 10.1. The first-order valence-electron chi connectivity index (χ1n) is 7.02. The van der Waals surface area contributed by atoms with E-state index < -0.39 is 0 Å². The van der Waals surface area contributed by atoms with Gasteiger partial charge in [-0.3, -0.25) is 9.59 Å². The highest BCUT2D eigenvalue weighted by atomic mass is 16.2. The van der Waals surface area contributed by atoms with Crippen LogP contribution in [-0.4, -0.2) is 48.4 Å². The van der Waals surface area contributed by atoms with Crippen molar-refractivity contribution in [2.75, 3.05) is 19.6 Å². The molecule has 2 aliphatic heterocycles. The molecule has 5 nitrogen and oxygen atoms in total. The maximum absolute atomic E-state index is 12.4. The molecule has 2 aliphatic rings. The van der Waals surface area contributed by atoms with Crippen molar-refractivity contribution < 1.29 is 9.59 Å². The molecule has 2 N–H and O–H groups in total. The Bertz CT molecular complexity index is 313. The van der Waals surface area contributed by atoms with Gasteiger partial charge in [-0.15, -0.1) is 0 Å². The second-order valence-electron chi connectivity index (χ2n) is 5.24. The van der Waals surface area contributed by atoms with Gasteiger partial charge in [-0.1, -0.05) is 6.92 Å². The summed E-state index contributed by atoms with van der Waals surface area (Å²) in [6.07, 6.45) is 4.43. The molecule has 0 aromatic heterocycles. The molecule has 0 saturated carbocycles. The van der Waals surface area contributed by atoms with Crippen LogP contribution in [0.2, 0.25) is 0 Å². The van der Waals surface area contributed by atoms with Crippen LogP contribution in [0, 0.1) is 0 Å². The Hall–Kier alpha value is -1.10. The summed E-state index contributed by atoms with van der Waals surface area (Å²) in [4.78, 5) is 25.5. The molecular formula is C13H23N3O2. The third-order valence-corrected chi connectivity index (χ3v) is 3.70. The number of hydrogen-bond acceptors (Lipinski definition) is 3. The first-order valence-corrected chi connectivity index (χ1v) is 7.02. The minimum Gasteiger partial charge on any atom is -0.344 e. The third kappa shape index (κ3) is 3.22. The highest BCUT2D eigenvalue weighted by molar-refractivity contribution is 5.90. The second kappa shape index (κ2) is 6.18. The minimum absolute atomic E-state index is 0.00351. The largest absolute Gasteiger partial charge is 0.344 e. The van der Waals surface area contributed by atoms with Crippen LogP contribution in [-0.2, 0) is 9.59 Å². The molecule has 0 aliphatic carbocycles. The molecule has 1 unspecified atom stereocenters. The van der Waals surface area contributed by atoms with E-state index in [2.05, 4.69) is 17.6 Å². The molecule has 2 rings (SSSR count). The molecule has 0 aromatic rings. The Balaban J connectivity index is 1.90. The maximum Gasteiger partial charge on any atom is 0.245 e. The van der Waals surface area contributed by atoms with E-state index in [0.717, 1.165) is 32.5 Å². The quantitative estimate of drug-likeness (QED) is 0.738. The smallest absolute Gasteiger partial charge is 0.245 e. The average molecular weight is 253 g/mol. The van der Waals surface area contributed by atoms with Crippen molar-refractivity contribution in [3.05, 3.63) is 0 Å². The van der Waals surface area contributed by atoms with Crippen LogP contribution in [0.3, 0.4) is 0 Å². The zero-order valence-corrected chi connectivity index (χ0v) is 11.1.